The summed E-state index contributed by atoms with van der Waals surface area (Å²) in [5.41, 5.74) is 0.358. The van der Waals surface area contributed by atoms with Crippen molar-refractivity contribution in [3.05, 3.63) is 40.3 Å². The molecular formula is C12H15N3O2S. The van der Waals surface area contributed by atoms with Gasteiger partial charge in [0.2, 0.25) is 0 Å². The first-order chi connectivity index (χ1) is 8.65. The first-order valence-electron chi connectivity index (χ1n) is 5.66. The highest BCUT2D eigenvalue weighted by Gasteiger charge is 2.08. The lowest BCUT2D eigenvalue weighted by Crippen LogP contribution is -2.29. The summed E-state index contributed by atoms with van der Waals surface area (Å²) in [4.78, 5) is 11.8. The van der Waals surface area contributed by atoms with E-state index in [-0.39, 0.29) is 6.04 Å². The van der Waals surface area contributed by atoms with Crippen LogP contribution in [-0.4, -0.2) is 26.9 Å². The van der Waals surface area contributed by atoms with E-state index in [1.54, 1.807) is 17.6 Å². The predicted molar refractivity (Wildman–Crippen MR) is 69.8 cm³/mol. The molecule has 2 rings (SSSR count). The maximum Gasteiger partial charge on any atom is 0.336 e. The van der Waals surface area contributed by atoms with Crippen molar-refractivity contribution in [2.45, 2.75) is 26.1 Å². The Balaban J connectivity index is 1.81. The Morgan fingerprint density at radius 1 is 1.67 bits per heavy atom. The highest BCUT2D eigenvalue weighted by Crippen LogP contribution is 2.14. The van der Waals surface area contributed by atoms with Crippen LogP contribution in [0.5, 0.6) is 0 Å². The van der Waals surface area contributed by atoms with Crippen LogP contribution in [0.2, 0.25) is 0 Å². The van der Waals surface area contributed by atoms with Gasteiger partial charge in [0.1, 0.15) is 0 Å². The minimum Gasteiger partial charge on any atom is -0.478 e. The number of nitrogens with zero attached hydrogens (tertiary/aromatic N) is 2. The van der Waals surface area contributed by atoms with Crippen LogP contribution in [-0.2, 0) is 13.1 Å². The number of nitrogens with one attached hydrogen (secondary N) is 1. The molecule has 0 aromatic carbocycles. The Kier molecular flexibility index (Phi) is 4.11. The second-order valence-corrected chi connectivity index (χ2v) is 5.11. The van der Waals surface area contributed by atoms with Gasteiger partial charge < -0.3 is 10.4 Å². The van der Waals surface area contributed by atoms with E-state index in [1.807, 2.05) is 16.9 Å². The number of carboxylic acid groups (broad SMARTS) is 1. The number of rotatable bonds is 6. The molecule has 0 aliphatic heterocycles. The Bertz CT molecular complexity index is 507. The fraction of sp³-hybridized carbons (Fsp3) is 0.333. The third kappa shape index (κ3) is 3.41. The molecule has 0 saturated carbocycles. The molecule has 0 aliphatic rings. The lowest BCUT2D eigenvalue weighted by molar-refractivity contribution is 0.0697. The van der Waals surface area contributed by atoms with Crippen molar-refractivity contribution in [1.29, 1.82) is 0 Å². The van der Waals surface area contributed by atoms with Crippen LogP contribution in [0.15, 0.2) is 29.9 Å². The summed E-state index contributed by atoms with van der Waals surface area (Å²) in [6, 6.07) is 3.88. The number of aromatic nitrogens is 2. The standard InChI is InChI=1S/C12H15N3O2S/c1-9(7-15-4-2-3-14-15)13-6-11-5-10(8-18-11)12(16)17/h2-5,8-9,13H,6-7H2,1H3,(H,16,17). The monoisotopic (exact) mass is 265 g/mol. The fourth-order valence-electron chi connectivity index (χ4n) is 1.61. The molecule has 2 aromatic heterocycles. The average Bonchev–Trinajstić information content (AvgIpc) is 2.96. The Morgan fingerprint density at radius 3 is 3.11 bits per heavy atom. The van der Waals surface area contributed by atoms with Crippen LogP contribution in [0.1, 0.15) is 22.2 Å². The SMILES string of the molecule is CC(Cn1cccn1)NCc1cc(C(=O)O)cs1. The quantitative estimate of drug-likeness (QED) is 0.836. The first kappa shape index (κ1) is 12.8. The number of thiophene rings is 1. The summed E-state index contributed by atoms with van der Waals surface area (Å²) in [5.74, 6) is -0.873. The van der Waals surface area contributed by atoms with Crippen LogP contribution < -0.4 is 5.32 Å². The number of aromatic carboxylic acids is 1. The van der Waals surface area contributed by atoms with Crippen molar-refractivity contribution in [2.75, 3.05) is 0 Å². The highest BCUT2D eigenvalue weighted by molar-refractivity contribution is 7.10. The maximum atomic E-state index is 10.7. The van der Waals surface area contributed by atoms with Gasteiger partial charge >= 0.3 is 5.97 Å². The van der Waals surface area contributed by atoms with E-state index < -0.39 is 5.97 Å². The van der Waals surface area contributed by atoms with Crippen molar-refractivity contribution in [3.8, 4) is 0 Å². The molecule has 0 aliphatic carbocycles. The van der Waals surface area contributed by atoms with Crippen molar-refractivity contribution >= 4 is 17.3 Å². The van der Waals surface area contributed by atoms with Gasteiger partial charge in [-0.3, -0.25) is 4.68 Å². The topological polar surface area (TPSA) is 67.2 Å². The fourth-order valence-corrected chi connectivity index (χ4v) is 2.42. The second kappa shape index (κ2) is 5.79. The first-order valence-corrected chi connectivity index (χ1v) is 6.54. The van der Waals surface area contributed by atoms with Crippen LogP contribution in [0.4, 0.5) is 0 Å². The normalized spacial score (nSPS) is 12.5. The zero-order valence-corrected chi connectivity index (χ0v) is 10.9. The van der Waals surface area contributed by atoms with E-state index in [0.717, 1.165) is 11.4 Å². The molecule has 6 heteroatoms. The van der Waals surface area contributed by atoms with Gasteiger partial charge in [-0.25, -0.2) is 4.79 Å². The van der Waals surface area contributed by atoms with E-state index in [9.17, 15) is 4.79 Å². The van der Waals surface area contributed by atoms with Crippen LogP contribution in [0.3, 0.4) is 0 Å². The number of hydrogen-bond acceptors (Lipinski definition) is 4. The van der Waals surface area contributed by atoms with Gasteiger partial charge in [-0.1, -0.05) is 0 Å². The molecule has 0 fully saturated rings. The summed E-state index contributed by atoms with van der Waals surface area (Å²) in [6.45, 7) is 3.55. The van der Waals surface area contributed by atoms with Gasteiger partial charge in [0.25, 0.3) is 0 Å². The molecule has 1 unspecified atom stereocenters. The largest absolute Gasteiger partial charge is 0.478 e. The molecular weight excluding hydrogens is 250 g/mol. The minimum atomic E-state index is -0.873. The molecule has 0 radical (unpaired) electrons. The van der Waals surface area contributed by atoms with Gasteiger partial charge in [-0.05, 0) is 19.1 Å². The Morgan fingerprint density at radius 2 is 2.50 bits per heavy atom. The maximum absolute atomic E-state index is 10.7. The second-order valence-electron chi connectivity index (χ2n) is 4.12. The van der Waals surface area contributed by atoms with Crippen molar-refractivity contribution in [1.82, 2.24) is 15.1 Å². The number of carbonyl (C=O) groups is 1. The van der Waals surface area contributed by atoms with E-state index in [2.05, 4.69) is 17.3 Å². The molecule has 2 heterocycles. The number of hydrogen-bond donors (Lipinski definition) is 2. The van der Waals surface area contributed by atoms with Crippen LogP contribution in [0.25, 0.3) is 0 Å². The van der Waals surface area contributed by atoms with Crippen LogP contribution in [0, 0.1) is 0 Å². The number of carboxylic acids is 1. The van der Waals surface area contributed by atoms with Gasteiger partial charge in [0.15, 0.2) is 0 Å². The smallest absolute Gasteiger partial charge is 0.336 e. The summed E-state index contributed by atoms with van der Waals surface area (Å²) < 4.78 is 1.87. The van der Waals surface area contributed by atoms with Crippen molar-refractivity contribution in [3.63, 3.8) is 0 Å². The lowest BCUT2D eigenvalue weighted by atomic mass is 10.3. The summed E-state index contributed by atoms with van der Waals surface area (Å²) in [7, 11) is 0. The van der Waals surface area contributed by atoms with Gasteiger partial charge in [-0.2, -0.15) is 5.10 Å². The molecule has 1 atom stereocenters. The molecule has 0 amide bonds. The molecule has 0 saturated heterocycles. The van der Waals surface area contributed by atoms with Crippen LogP contribution >= 0.6 is 11.3 Å². The zero-order valence-electron chi connectivity index (χ0n) is 10.0. The van der Waals surface area contributed by atoms with E-state index in [0.29, 0.717) is 12.1 Å². The summed E-state index contributed by atoms with van der Waals surface area (Å²) in [6.07, 6.45) is 3.68. The predicted octanol–water partition coefficient (Wildman–Crippen LogP) is 1.82. The minimum absolute atomic E-state index is 0.278. The molecule has 0 spiro atoms. The average molecular weight is 265 g/mol. The zero-order chi connectivity index (χ0) is 13.0. The highest BCUT2D eigenvalue weighted by atomic mass is 32.1. The Labute approximate surface area is 109 Å². The Hall–Kier alpha value is -1.66. The molecule has 5 nitrogen and oxygen atoms in total. The third-order valence-corrected chi connectivity index (χ3v) is 3.48. The summed E-state index contributed by atoms with van der Waals surface area (Å²) in [5, 5.41) is 18.0. The van der Waals surface area contributed by atoms with Crippen molar-refractivity contribution < 1.29 is 9.90 Å². The van der Waals surface area contributed by atoms with Gasteiger partial charge in [-0.15, -0.1) is 11.3 Å². The van der Waals surface area contributed by atoms with Gasteiger partial charge in [0, 0.05) is 35.2 Å². The molecule has 96 valence electrons. The van der Waals surface area contributed by atoms with E-state index in [4.69, 9.17) is 5.11 Å². The summed E-state index contributed by atoms with van der Waals surface area (Å²) >= 11 is 1.46. The third-order valence-electron chi connectivity index (χ3n) is 2.55. The molecule has 18 heavy (non-hydrogen) atoms. The molecule has 2 aromatic rings. The molecule has 0 bridgehead atoms. The van der Waals surface area contributed by atoms with E-state index in [1.165, 1.54) is 11.3 Å². The van der Waals surface area contributed by atoms with Crippen molar-refractivity contribution in [2.24, 2.45) is 0 Å². The molecule has 2 N–H and O–H groups in total. The van der Waals surface area contributed by atoms with Gasteiger partial charge in [0.05, 0.1) is 12.1 Å². The lowest BCUT2D eigenvalue weighted by Gasteiger charge is -2.12. The van der Waals surface area contributed by atoms with E-state index >= 15 is 0 Å².